The van der Waals surface area contributed by atoms with Crippen molar-refractivity contribution >= 4 is 22.9 Å². The summed E-state index contributed by atoms with van der Waals surface area (Å²) in [7, 11) is 0. The molecule has 7 nitrogen and oxygen atoms in total. The molecule has 1 aliphatic heterocycles. The topological polar surface area (TPSA) is 92.0 Å². The minimum atomic E-state index is -0.622. The van der Waals surface area contributed by atoms with Gasteiger partial charge in [-0.25, -0.2) is 14.4 Å². The molecule has 0 radical (unpaired) electrons. The predicted octanol–water partition coefficient (Wildman–Crippen LogP) is 4.01. The third-order valence-corrected chi connectivity index (χ3v) is 4.96. The number of esters is 2. The molecule has 0 atom stereocenters. The Labute approximate surface area is 172 Å². The van der Waals surface area contributed by atoms with Crippen LogP contribution in [0.5, 0.6) is 5.75 Å². The van der Waals surface area contributed by atoms with Crippen LogP contribution in [0.4, 0.5) is 0 Å². The highest BCUT2D eigenvalue weighted by Crippen LogP contribution is 2.45. The van der Waals surface area contributed by atoms with Crippen molar-refractivity contribution in [2.75, 3.05) is 13.2 Å². The van der Waals surface area contributed by atoms with Gasteiger partial charge in [0.1, 0.15) is 17.9 Å². The summed E-state index contributed by atoms with van der Waals surface area (Å²) in [4.78, 5) is 37.5. The maximum absolute atomic E-state index is 13.1. The van der Waals surface area contributed by atoms with Crippen molar-refractivity contribution in [1.29, 1.82) is 0 Å². The van der Waals surface area contributed by atoms with E-state index in [0.717, 1.165) is 5.56 Å². The molecule has 0 N–H and O–H groups in total. The van der Waals surface area contributed by atoms with Crippen LogP contribution in [0.25, 0.3) is 22.1 Å². The largest absolute Gasteiger partial charge is 0.488 e. The number of ether oxygens (including phenoxy) is 3. The zero-order valence-corrected chi connectivity index (χ0v) is 16.9. The molecular formula is C23H20O7. The molecule has 154 valence electrons. The maximum atomic E-state index is 13.1. The molecule has 7 heteroatoms. The molecule has 0 spiro atoms. The number of hydrogen-bond donors (Lipinski definition) is 0. The first-order valence-electron chi connectivity index (χ1n) is 9.67. The van der Waals surface area contributed by atoms with Crippen LogP contribution in [0.15, 0.2) is 39.5 Å². The van der Waals surface area contributed by atoms with Gasteiger partial charge >= 0.3 is 17.6 Å². The third-order valence-electron chi connectivity index (χ3n) is 4.96. The molecule has 3 aromatic rings. The highest BCUT2D eigenvalue weighted by atomic mass is 16.5. The molecule has 0 saturated heterocycles. The molecule has 0 fully saturated rings. The molecule has 0 amide bonds. The van der Waals surface area contributed by atoms with Crippen LogP contribution in [0.2, 0.25) is 0 Å². The van der Waals surface area contributed by atoms with Crippen LogP contribution in [0.3, 0.4) is 0 Å². The Morgan fingerprint density at radius 1 is 0.967 bits per heavy atom. The molecule has 2 aromatic carbocycles. The van der Waals surface area contributed by atoms with Gasteiger partial charge in [-0.2, -0.15) is 0 Å². The molecular weight excluding hydrogens is 388 g/mol. The lowest BCUT2D eigenvalue weighted by atomic mass is 9.85. The molecule has 1 aromatic heterocycles. The minimum absolute atomic E-state index is 0.133. The Morgan fingerprint density at radius 3 is 2.37 bits per heavy atom. The summed E-state index contributed by atoms with van der Waals surface area (Å²) < 4.78 is 21.7. The number of carbonyl (C=O) groups excluding carboxylic acids is 2. The lowest BCUT2D eigenvalue weighted by Gasteiger charge is -2.26. The van der Waals surface area contributed by atoms with Gasteiger partial charge in [-0.1, -0.05) is 6.07 Å². The molecule has 30 heavy (non-hydrogen) atoms. The van der Waals surface area contributed by atoms with Gasteiger partial charge in [0.15, 0.2) is 0 Å². The van der Waals surface area contributed by atoms with E-state index in [1.54, 1.807) is 39.0 Å². The molecule has 0 saturated carbocycles. The average Bonchev–Trinajstić information content (AvgIpc) is 2.72. The molecule has 0 aliphatic carbocycles. The minimum Gasteiger partial charge on any atom is -0.488 e. The Bertz CT molecular complexity index is 1240. The van der Waals surface area contributed by atoms with Crippen molar-refractivity contribution in [3.8, 4) is 16.9 Å². The first-order chi connectivity index (χ1) is 14.5. The SMILES string of the molecule is CCOC(=O)c1c(C)cc2c(c1C(=O)OCC)-c1c(ccc3oc(=O)ccc13)OC2. The lowest BCUT2D eigenvalue weighted by molar-refractivity contribution is 0.0478. The van der Waals surface area contributed by atoms with E-state index in [4.69, 9.17) is 18.6 Å². The van der Waals surface area contributed by atoms with E-state index in [9.17, 15) is 14.4 Å². The van der Waals surface area contributed by atoms with Crippen LogP contribution < -0.4 is 10.4 Å². The highest BCUT2D eigenvalue weighted by Gasteiger charge is 2.32. The third kappa shape index (κ3) is 3.12. The Kier molecular flexibility index (Phi) is 5.03. The summed E-state index contributed by atoms with van der Waals surface area (Å²) in [5, 5.41) is 0.595. The van der Waals surface area contributed by atoms with Gasteiger partial charge in [0.2, 0.25) is 0 Å². The average molecular weight is 408 g/mol. The van der Waals surface area contributed by atoms with Crippen molar-refractivity contribution in [1.82, 2.24) is 0 Å². The van der Waals surface area contributed by atoms with E-state index in [1.807, 2.05) is 6.07 Å². The van der Waals surface area contributed by atoms with Crippen LogP contribution in [0, 0.1) is 6.92 Å². The van der Waals surface area contributed by atoms with Crippen LogP contribution >= 0.6 is 0 Å². The standard InChI is InChI=1S/C23H20O7/c1-4-27-22(25)18-12(3)10-13-11-29-16-8-7-15-14(6-9-17(24)30-15)20(16)19(13)21(18)23(26)28-5-2/h6-10H,4-5,11H2,1-3H3. The first-order valence-corrected chi connectivity index (χ1v) is 9.67. The first kappa shape index (κ1) is 19.7. The van der Waals surface area contributed by atoms with Crippen molar-refractivity contribution < 1.29 is 28.2 Å². The second-order valence-electron chi connectivity index (χ2n) is 6.81. The summed E-state index contributed by atoms with van der Waals surface area (Å²) in [6.45, 7) is 5.69. The van der Waals surface area contributed by atoms with Crippen LogP contribution in [-0.2, 0) is 16.1 Å². The van der Waals surface area contributed by atoms with Crippen LogP contribution in [-0.4, -0.2) is 25.2 Å². The molecule has 0 unspecified atom stereocenters. The van der Waals surface area contributed by atoms with Crippen molar-refractivity contribution in [3.05, 3.63) is 63.0 Å². The number of rotatable bonds is 4. The second-order valence-corrected chi connectivity index (χ2v) is 6.81. The molecule has 0 bridgehead atoms. The van der Waals surface area contributed by atoms with Gasteiger partial charge in [-0.3, -0.25) is 0 Å². The second kappa shape index (κ2) is 7.67. The van der Waals surface area contributed by atoms with Crippen LogP contribution in [0.1, 0.15) is 45.7 Å². The predicted molar refractivity (Wildman–Crippen MR) is 109 cm³/mol. The normalized spacial score (nSPS) is 12.0. The van der Waals surface area contributed by atoms with Crippen molar-refractivity contribution in [2.24, 2.45) is 0 Å². The van der Waals surface area contributed by atoms with Gasteiger partial charge in [0.25, 0.3) is 0 Å². The van der Waals surface area contributed by atoms with E-state index in [0.29, 0.717) is 33.4 Å². The summed E-state index contributed by atoms with van der Waals surface area (Å²) in [5.41, 5.74) is 2.59. The zero-order valence-electron chi connectivity index (χ0n) is 16.9. The quantitative estimate of drug-likeness (QED) is 0.476. The maximum Gasteiger partial charge on any atom is 0.339 e. The fourth-order valence-corrected chi connectivity index (χ4v) is 3.82. The van der Waals surface area contributed by atoms with Gasteiger partial charge in [-0.15, -0.1) is 0 Å². The van der Waals surface area contributed by atoms with E-state index >= 15 is 0 Å². The van der Waals surface area contributed by atoms with Gasteiger partial charge in [0.05, 0.1) is 24.3 Å². The summed E-state index contributed by atoms with van der Waals surface area (Å²) in [6, 6.07) is 8.07. The fraction of sp³-hybridized carbons (Fsp3) is 0.261. The van der Waals surface area contributed by atoms with E-state index in [-0.39, 0.29) is 30.9 Å². The Hall–Kier alpha value is -3.61. The monoisotopic (exact) mass is 408 g/mol. The highest BCUT2D eigenvalue weighted by molar-refractivity contribution is 6.13. The van der Waals surface area contributed by atoms with E-state index in [2.05, 4.69) is 0 Å². The van der Waals surface area contributed by atoms with Crippen molar-refractivity contribution in [3.63, 3.8) is 0 Å². The number of benzene rings is 2. The van der Waals surface area contributed by atoms with Crippen molar-refractivity contribution in [2.45, 2.75) is 27.4 Å². The summed E-state index contributed by atoms with van der Waals surface area (Å²) in [5.74, 6) is -0.698. The van der Waals surface area contributed by atoms with E-state index < -0.39 is 17.6 Å². The molecule has 2 heterocycles. The molecule has 4 rings (SSSR count). The molecule has 1 aliphatic rings. The smallest absolute Gasteiger partial charge is 0.339 e. The Balaban J connectivity index is 2.13. The number of hydrogen-bond acceptors (Lipinski definition) is 7. The number of aryl methyl sites for hydroxylation is 1. The Morgan fingerprint density at radius 2 is 1.67 bits per heavy atom. The van der Waals surface area contributed by atoms with E-state index in [1.165, 1.54) is 6.07 Å². The lowest BCUT2D eigenvalue weighted by Crippen LogP contribution is -2.20. The fourth-order valence-electron chi connectivity index (χ4n) is 3.82. The van der Waals surface area contributed by atoms with Gasteiger partial charge < -0.3 is 18.6 Å². The van der Waals surface area contributed by atoms with Gasteiger partial charge in [0, 0.05) is 22.6 Å². The van der Waals surface area contributed by atoms with Gasteiger partial charge in [-0.05, 0) is 50.1 Å². The number of carbonyl (C=O) groups is 2. The zero-order chi connectivity index (χ0) is 21.4. The summed E-state index contributed by atoms with van der Waals surface area (Å²) in [6.07, 6.45) is 0. The summed E-state index contributed by atoms with van der Waals surface area (Å²) >= 11 is 0. The number of fused-ring (bicyclic) bond motifs is 5.